The van der Waals surface area contributed by atoms with Crippen molar-refractivity contribution in [2.24, 2.45) is 0 Å². The third-order valence-electron chi connectivity index (χ3n) is 3.34. The van der Waals surface area contributed by atoms with E-state index >= 15 is 0 Å². The Hall–Kier alpha value is -2.02. The number of hydrogen-bond acceptors (Lipinski definition) is 4. The van der Waals surface area contributed by atoms with Gasteiger partial charge in [-0.2, -0.15) is 13.2 Å². The highest BCUT2D eigenvalue weighted by atomic mass is 19.4. The molecule has 1 aromatic carbocycles. The van der Waals surface area contributed by atoms with Crippen molar-refractivity contribution in [3.8, 4) is 11.3 Å². The summed E-state index contributed by atoms with van der Waals surface area (Å²) in [6.07, 6.45) is -1.81. The lowest BCUT2D eigenvalue weighted by Crippen LogP contribution is -2.36. The lowest BCUT2D eigenvalue weighted by atomic mass is 10.1. The Kier molecular flexibility index (Phi) is 3.59. The molecule has 0 bridgehead atoms. The van der Waals surface area contributed by atoms with E-state index in [9.17, 15) is 13.2 Å². The maximum Gasteiger partial charge on any atom is 0.416 e. The molecule has 21 heavy (non-hydrogen) atoms. The van der Waals surface area contributed by atoms with Crippen LogP contribution in [0.4, 0.5) is 18.9 Å². The molecule has 4 nitrogen and oxygen atoms in total. The average molecular weight is 298 g/mol. The van der Waals surface area contributed by atoms with E-state index in [4.69, 9.17) is 9.15 Å². The first kappa shape index (κ1) is 13.9. The molecule has 7 heteroatoms. The van der Waals surface area contributed by atoms with Gasteiger partial charge in [0, 0.05) is 24.3 Å². The molecule has 1 aliphatic rings. The van der Waals surface area contributed by atoms with Crippen molar-refractivity contribution >= 4 is 5.69 Å². The summed E-state index contributed by atoms with van der Waals surface area (Å²) in [5, 5.41) is 0. The van der Waals surface area contributed by atoms with Crippen LogP contribution < -0.4 is 4.90 Å². The van der Waals surface area contributed by atoms with Crippen molar-refractivity contribution in [2.45, 2.75) is 6.18 Å². The number of oxazole rings is 1. The van der Waals surface area contributed by atoms with Gasteiger partial charge in [0.2, 0.25) is 0 Å². The van der Waals surface area contributed by atoms with Gasteiger partial charge < -0.3 is 14.1 Å². The third kappa shape index (κ3) is 3.02. The first-order chi connectivity index (χ1) is 10.0. The normalized spacial score (nSPS) is 16.2. The second kappa shape index (κ2) is 5.40. The van der Waals surface area contributed by atoms with Crippen LogP contribution in [0, 0.1) is 0 Å². The fourth-order valence-electron chi connectivity index (χ4n) is 2.28. The first-order valence-electron chi connectivity index (χ1n) is 6.48. The lowest BCUT2D eigenvalue weighted by molar-refractivity contribution is -0.137. The number of hydrogen-bond donors (Lipinski definition) is 0. The van der Waals surface area contributed by atoms with Crippen LogP contribution in [0.15, 0.2) is 35.2 Å². The molecule has 2 aromatic rings. The summed E-state index contributed by atoms with van der Waals surface area (Å²) >= 11 is 0. The van der Waals surface area contributed by atoms with Crippen LogP contribution in [0.25, 0.3) is 11.3 Å². The highest BCUT2D eigenvalue weighted by molar-refractivity contribution is 5.66. The molecular weight excluding hydrogens is 285 g/mol. The van der Waals surface area contributed by atoms with E-state index in [0.29, 0.717) is 43.3 Å². The number of morpholine rings is 1. The van der Waals surface area contributed by atoms with Gasteiger partial charge in [-0.05, 0) is 18.2 Å². The summed E-state index contributed by atoms with van der Waals surface area (Å²) in [5.41, 5.74) is 0.182. The molecule has 1 aromatic heterocycles. The average Bonchev–Trinajstić information content (AvgIpc) is 3.01. The fourth-order valence-corrected chi connectivity index (χ4v) is 2.28. The SMILES string of the molecule is FC(F)(F)c1cc(-c2cnco2)cc(N2CCOCC2)c1. The predicted octanol–water partition coefficient (Wildman–Crippen LogP) is 3.20. The predicted molar refractivity (Wildman–Crippen MR) is 70.0 cm³/mol. The molecule has 0 amide bonds. The van der Waals surface area contributed by atoms with E-state index in [1.807, 2.05) is 4.90 Å². The van der Waals surface area contributed by atoms with E-state index in [1.54, 1.807) is 6.07 Å². The number of anilines is 1. The molecule has 0 N–H and O–H groups in total. The van der Waals surface area contributed by atoms with E-state index in [2.05, 4.69) is 4.98 Å². The minimum Gasteiger partial charge on any atom is -0.444 e. The van der Waals surface area contributed by atoms with Crippen molar-refractivity contribution in [3.63, 3.8) is 0 Å². The minimum absolute atomic E-state index is 0.315. The summed E-state index contributed by atoms with van der Waals surface area (Å²) in [5.74, 6) is 0.315. The van der Waals surface area contributed by atoms with E-state index < -0.39 is 11.7 Å². The second-order valence-corrected chi connectivity index (χ2v) is 4.73. The van der Waals surface area contributed by atoms with Gasteiger partial charge in [-0.1, -0.05) is 0 Å². The zero-order valence-corrected chi connectivity index (χ0v) is 11.1. The summed E-state index contributed by atoms with van der Waals surface area (Å²) in [6, 6.07) is 3.91. The summed E-state index contributed by atoms with van der Waals surface area (Å²) in [4.78, 5) is 5.62. The first-order valence-corrected chi connectivity index (χ1v) is 6.48. The van der Waals surface area contributed by atoms with E-state index in [1.165, 1.54) is 12.6 Å². The van der Waals surface area contributed by atoms with Crippen molar-refractivity contribution < 1.29 is 22.3 Å². The molecular formula is C14H13F3N2O2. The minimum atomic E-state index is -4.41. The molecule has 0 aliphatic carbocycles. The molecule has 1 saturated heterocycles. The number of rotatable bonds is 2. The number of nitrogens with zero attached hydrogens (tertiary/aromatic N) is 2. The maximum atomic E-state index is 13.1. The van der Waals surface area contributed by atoms with Crippen molar-refractivity contribution in [1.82, 2.24) is 4.98 Å². The maximum absolute atomic E-state index is 13.1. The Balaban J connectivity index is 2.04. The zero-order valence-electron chi connectivity index (χ0n) is 11.1. The molecule has 3 rings (SSSR count). The van der Waals surface area contributed by atoms with Gasteiger partial charge in [0.15, 0.2) is 12.2 Å². The number of halogens is 3. The molecule has 0 saturated carbocycles. The Morgan fingerprint density at radius 1 is 1.10 bits per heavy atom. The lowest BCUT2D eigenvalue weighted by Gasteiger charge is -2.29. The quantitative estimate of drug-likeness (QED) is 0.853. The molecule has 1 fully saturated rings. The Morgan fingerprint density at radius 2 is 1.86 bits per heavy atom. The number of aromatic nitrogens is 1. The van der Waals surface area contributed by atoms with Crippen LogP contribution in [0.5, 0.6) is 0 Å². The molecule has 1 aliphatic heterocycles. The second-order valence-electron chi connectivity index (χ2n) is 4.73. The molecule has 0 spiro atoms. The Morgan fingerprint density at radius 3 is 2.48 bits per heavy atom. The van der Waals surface area contributed by atoms with Gasteiger partial charge in [0.05, 0.1) is 25.0 Å². The van der Waals surface area contributed by atoms with Crippen LogP contribution in [0.1, 0.15) is 5.56 Å². The monoisotopic (exact) mass is 298 g/mol. The van der Waals surface area contributed by atoms with Gasteiger partial charge in [-0.15, -0.1) is 0 Å². The van der Waals surface area contributed by atoms with E-state index in [0.717, 1.165) is 12.1 Å². The van der Waals surface area contributed by atoms with Crippen molar-refractivity contribution in [2.75, 3.05) is 31.2 Å². The van der Waals surface area contributed by atoms with Crippen LogP contribution in [-0.4, -0.2) is 31.3 Å². The highest BCUT2D eigenvalue weighted by Gasteiger charge is 2.32. The zero-order chi connectivity index (χ0) is 14.9. The summed E-state index contributed by atoms with van der Waals surface area (Å²) < 4.78 is 49.5. The smallest absolute Gasteiger partial charge is 0.416 e. The fraction of sp³-hybridized carbons (Fsp3) is 0.357. The van der Waals surface area contributed by atoms with Crippen LogP contribution in [0.2, 0.25) is 0 Å². The Labute approximate surface area is 119 Å². The van der Waals surface area contributed by atoms with Gasteiger partial charge in [-0.25, -0.2) is 4.98 Å². The Bertz CT molecular complexity index is 605. The number of ether oxygens (including phenoxy) is 1. The van der Waals surface area contributed by atoms with E-state index in [-0.39, 0.29) is 0 Å². The molecule has 0 radical (unpaired) electrons. The summed E-state index contributed by atoms with van der Waals surface area (Å²) in [7, 11) is 0. The largest absolute Gasteiger partial charge is 0.444 e. The summed E-state index contributed by atoms with van der Waals surface area (Å²) in [6.45, 7) is 2.15. The van der Waals surface area contributed by atoms with Crippen LogP contribution >= 0.6 is 0 Å². The van der Waals surface area contributed by atoms with Crippen LogP contribution in [0.3, 0.4) is 0 Å². The van der Waals surface area contributed by atoms with Gasteiger partial charge in [-0.3, -0.25) is 0 Å². The van der Waals surface area contributed by atoms with Gasteiger partial charge >= 0.3 is 6.18 Å². The van der Waals surface area contributed by atoms with Gasteiger partial charge in [0.25, 0.3) is 0 Å². The standard InChI is InChI=1S/C14H13F3N2O2/c15-14(16,17)11-5-10(13-8-18-9-21-13)6-12(7-11)19-1-3-20-4-2-19/h5-9H,1-4H2. The third-order valence-corrected chi connectivity index (χ3v) is 3.34. The van der Waals surface area contributed by atoms with Crippen molar-refractivity contribution in [1.29, 1.82) is 0 Å². The molecule has 2 heterocycles. The number of alkyl halides is 3. The van der Waals surface area contributed by atoms with Crippen LogP contribution in [-0.2, 0) is 10.9 Å². The topological polar surface area (TPSA) is 38.5 Å². The molecule has 0 atom stereocenters. The van der Waals surface area contributed by atoms with Crippen molar-refractivity contribution in [3.05, 3.63) is 36.4 Å². The molecule has 0 unspecified atom stereocenters. The van der Waals surface area contributed by atoms with Gasteiger partial charge in [0.1, 0.15) is 0 Å². The highest BCUT2D eigenvalue weighted by Crippen LogP contribution is 2.36. The number of benzene rings is 1. The molecule has 112 valence electrons.